The average Bonchev–Trinajstić information content (AvgIpc) is 0.703. The molecule has 30 heteroatoms. The number of likely N-dealkylation sites (N-methyl/N-ethyl adjacent to an activating group) is 2. The van der Waals surface area contributed by atoms with Crippen LogP contribution in [0.2, 0.25) is 0 Å². The summed E-state index contributed by atoms with van der Waals surface area (Å²) in [4.78, 5) is 160. The van der Waals surface area contributed by atoms with E-state index >= 15 is 0 Å². The molecule has 0 radical (unpaired) electrons. The Labute approximate surface area is 603 Å². The molecule has 10 N–H and O–H groups in total. The quantitative estimate of drug-likeness (QED) is 0.0186. The number of Topliss-reactive ketones (excluding diaryl/α,β-unsaturated/α-hetero) is 4. The zero-order valence-corrected chi connectivity index (χ0v) is 59.2. The van der Waals surface area contributed by atoms with E-state index in [-0.39, 0.29) is 88.2 Å². The molecule has 0 bridgehead atoms. The molecule has 2 heterocycles. The molecule has 6 aliphatic carbocycles. The number of hydrogen-bond donors (Lipinski definition) is 8. The SMILES string of the molecule is CCCCCCC(=O)OC(COc1cccc2oc(C(=O)Oc3ccc(N(C)C)c4c3C(=O)C3=C(O)[C@]5(O)C(=O)C(C(N)=O)=C(O)[C@@H](N(C)C)[C@@H]5C[C@@H]3C4)cc(=O)c12)COc1cccc2oc(C(=O)Oc3ccc(N(C)C)c4c3C(=O)C3=C(O)[C@]5(O)C(=O)C(C(N)=O)=C(O)[C@@H](N(C)C)[C@@H]5C[C@@H]3C4)cc(=O)c12. The summed E-state index contributed by atoms with van der Waals surface area (Å²) in [6.45, 7) is 1.05. The second kappa shape index (κ2) is 28.2. The Balaban J connectivity index is 0.786. The number of ether oxygens (including phenoxy) is 5. The molecule has 12 rings (SSSR count). The zero-order valence-electron chi connectivity index (χ0n) is 59.2. The Morgan fingerprint density at radius 1 is 0.557 bits per heavy atom. The molecule has 0 fully saturated rings. The van der Waals surface area contributed by atoms with Crippen LogP contribution in [0.3, 0.4) is 0 Å². The van der Waals surface area contributed by atoms with Gasteiger partial charge < -0.3 is 84.4 Å². The molecule has 0 aliphatic heterocycles. The third kappa shape index (κ3) is 12.4. The normalized spacial score (nSPS) is 22.6. The monoisotopic (exact) mass is 1460 g/mol. The van der Waals surface area contributed by atoms with Crippen molar-refractivity contribution < 1.29 is 106 Å². The number of anilines is 2. The van der Waals surface area contributed by atoms with E-state index in [4.69, 9.17) is 44.0 Å². The average molecular weight is 1460 g/mol. The molecular weight excluding hydrogens is 1380 g/mol. The van der Waals surface area contributed by atoms with Gasteiger partial charge in [-0.2, -0.15) is 0 Å². The molecule has 0 spiro atoms. The summed E-state index contributed by atoms with van der Waals surface area (Å²) in [5.41, 5.74) is 1.87. The minimum Gasteiger partial charge on any atom is -0.510 e. The summed E-state index contributed by atoms with van der Waals surface area (Å²) < 4.78 is 41.9. The van der Waals surface area contributed by atoms with E-state index in [0.717, 1.165) is 31.4 Å². The number of carbonyl (C=O) groups is 9. The standard InChI is InChI=1S/C76H78N6O24/c1-10-11-12-13-20-52(85)102-35(31-100-44-16-14-18-46-57(44)42(83)29-50(103-46)73(96)105-48-23-21-40(79(2)3)36-25-33-27-38-61(81(6)7)65(88)59(71(77)94)69(92)75(38,98)67(90)53(33)63(86)55(36)48)32-101-45-17-15-19-47-58(45)43(84)30-51(104-47)74(97)106-49-24-22-41(80(4)5)37-26-34-28-39-62(82(8)9)66(89)60(72(78)95)70(93)76(39,99)68(91)54(34)64(87)56(37)49/h14-19,21-24,29-30,33-35,38-39,61-62,88-91,98-99H,10-13,20,25-28,31-32H2,1-9H3,(H2,77,94)(H2,78,95)/t33-,34-,38-,39-,61-,62-,75-,76-/m0/s1. The summed E-state index contributed by atoms with van der Waals surface area (Å²) in [6.07, 6.45) is 1.41. The smallest absolute Gasteiger partial charge is 0.379 e. The third-order valence-corrected chi connectivity index (χ3v) is 20.7. The van der Waals surface area contributed by atoms with E-state index < -0.39 is 187 Å². The van der Waals surface area contributed by atoms with Crippen molar-refractivity contribution >= 4 is 86.2 Å². The van der Waals surface area contributed by atoms with Gasteiger partial charge in [-0.1, -0.05) is 38.3 Å². The highest BCUT2D eigenvalue weighted by atomic mass is 16.6. The molecule has 0 unspecified atom stereocenters. The molecule has 8 atom stereocenters. The van der Waals surface area contributed by atoms with Gasteiger partial charge in [0.05, 0.1) is 23.2 Å². The number of primary amides is 2. The van der Waals surface area contributed by atoms with Crippen LogP contribution in [0.1, 0.15) is 105 Å². The number of unbranched alkanes of at least 4 members (excludes halogenated alkanes) is 3. The van der Waals surface area contributed by atoms with E-state index in [9.17, 15) is 83.4 Å². The van der Waals surface area contributed by atoms with Crippen LogP contribution in [0.5, 0.6) is 23.0 Å². The Morgan fingerprint density at radius 3 is 1.33 bits per heavy atom. The molecule has 4 aromatic carbocycles. The van der Waals surface area contributed by atoms with Gasteiger partial charge in [0, 0.05) is 81.1 Å². The Bertz CT molecular complexity index is 4780. The van der Waals surface area contributed by atoms with Crippen molar-refractivity contribution in [3.8, 4) is 23.0 Å². The number of benzene rings is 4. The molecule has 2 amide bonds. The summed E-state index contributed by atoms with van der Waals surface area (Å²) >= 11 is 0. The Kier molecular flexibility index (Phi) is 19.8. The predicted octanol–water partition coefficient (Wildman–Crippen LogP) is 5.27. The molecule has 30 nitrogen and oxygen atoms in total. The fraction of sp³-hybridized carbons (Fsp3) is 0.382. The molecule has 106 heavy (non-hydrogen) atoms. The number of hydrogen-bond acceptors (Lipinski definition) is 28. The van der Waals surface area contributed by atoms with Crippen molar-refractivity contribution in [3.63, 3.8) is 0 Å². The van der Waals surface area contributed by atoms with Crippen LogP contribution >= 0.6 is 0 Å². The second-order valence-corrected chi connectivity index (χ2v) is 28.1. The van der Waals surface area contributed by atoms with Crippen molar-refractivity contribution in [2.24, 2.45) is 35.1 Å². The number of nitrogens with zero attached hydrogens (tertiary/aromatic N) is 4. The van der Waals surface area contributed by atoms with Crippen LogP contribution in [0.15, 0.2) is 137 Å². The van der Waals surface area contributed by atoms with Gasteiger partial charge in [0.25, 0.3) is 11.8 Å². The van der Waals surface area contributed by atoms with Crippen molar-refractivity contribution in [3.05, 3.63) is 172 Å². The number of allylic oxidation sites excluding steroid dienone is 2. The fourth-order valence-electron chi connectivity index (χ4n) is 16.0. The van der Waals surface area contributed by atoms with Gasteiger partial charge in [0.2, 0.25) is 23.1 Å². The lowest BCUT2D eigenvalue weighted by atomic mass is 9.58. The number of ketones is 4. The maximum Gasteiger partial charge on any atom is 0.379 e. The number of aliphatic hydroxyl groups excluding tert-OH is 4. The highest BCUT2D eigenvalue weighted by Gasteiger charge is 2.65. The van der Waals surface area contributed by atoms with E-state index in [1.165, 1.54) is 86.5 Å². The number of rotatable bonds is 22. The molecule has 6 aromatic rings. The summed E-state index contributed by atoms with van der Waals surface area (Å²) in [5.74, 6) is -20.5. The summed E-state index contributed by atoms with van der Waals surface area (Å²) in [7, 11) is 12.9. The topological polar surface area (TPSA) is 447 Å². The van der Waals surface area contributed by atoms with Gasteiger partial charge in [-0.3, -0.25) is 53.0 Å². The largest absolute Gasteiger partial charge is 0.510 e. The number of nitrogens with two attached hydrogens (primary N) is 2. The number of aliphatic hydroxyl groups is 6. The highest BCUT2D eigenvalue weighted by molar-refractivity contribution is 6.26. The molecular formula is C76H78N6O24. The van der Waals surface area contributed by atoms with E-state index in [2.05, 4.69) is 0 Å². The van der Waals surface area contributed by atoms with Gasteiger partial charge in [-0.05, 0) is 132 Å². The number of fused-ring (bicyclic) bond motifs is 8. The first-order chi connectivity index (χ1) is 50.2. The lowest BCUT2D eigenvalue weighted by Gasteiger charge is -2.50. The van der Waals surface area contributed by atoms with E-state index in [1.54, 1.807) is 50.1 Å². The molecule has 556 valence electrons. The first-order valence-corrected chi connectivity index (χ1v) is 34.2. The molecule has 0 saturated heterocycles. The van der Waals surface area contributed by atoms with Crippen LogP contribution in [-0.4, -0.2) is 192 Å². The van der Waals surface area contributed by atoms with Crippen molar-refractivity contribution in [2.45, 2.75) is 94.1 Å². The first-order valence-electron chi connectivity index (χ1n) is 34.2. The van der Waals surface area contributed by atoms with Crippen LogP contribution in [0.25, 0.3) is 21.9 Å². The van der Waals surface area contributed by atoms with E-state index in [0.29, 0.717) is 28.9 Å². The maximum absolute atomic E-state index is 14.9. The highest BCUT2D eigenvalue weighted by Crippen LogP contribution is 2.56. The summed E-state index contributed by atoms with van der Waals surface area (Å²) in [6, 6.07) is 13.5. The van der Waals surface area contributed by atoms with Crippen LogP contribution in [0, 0.1) is 23.7 Å². The molecule has 0 saturated carbocycles. The van der Waals surface area contributed by atoms with Gasteiger partial charge in [0.15, 0.2) is 39.7 Å². The Morgan fingerprint density at radius 2 is 0.962 bits per heavy atom. The second-order valence-electron chi connectivity index (χ2n) is 28.1. The lowest BCUT2D eigenvalue weighted by Crippen LogP contribution is -2.63. The predicted molar refractivity (Wildman–Crippen MR) is 377 cm³/mol. The van der Waals surface area contributed by atoms with E-state index in [1.807, 2.05) is 6.92 Å². The van der Waals surface area contributed by atoms with Gasteiger partial charge in [0.1, 0.15) is 92.3 Å². The lowest BCUT2D eigenvalue weighted by molar-refractivity contribution is -0.152. The molecule has 2 aromatic heterocycles. The molecule has 6 aliphatic rings. The number of amides is 2. The minimum absolute atomic E-state index is 0.00669. The van der Waals surface area contributed by atoms with Crippen molar-refractivity contribution in [1.29, 1.82) is 0 Å². The van der Waals surface area contributed by atoms with Crippen molar-refractivity contribution in [1.82, 2.24) is 9.80 Å². The van der Waals surface area contributed by atoms with Crippen LogP contribution in [0.4, 0.5) is 11.4 Å². The number of carbonyl (C=O) groups excluding carboxylic acids is 9. The van der Waals surface area contributed by atoms with Crippen molar-refractivity contribution in [2.75, 3.05) is 79.4 Å². The van der Waals surface area contributed by atoms with Gasteiger partial charge >= 0.3 is 17.9 Å². The fourth-order valence-corrected chi connectivity index (χ4v) is 16.0. The maximum atomic E-state index is 14.9. The van der Waals surface area contributed by atoms with Gasteiger partial charge in [-0.15, -0.1) is 0 Å². The summed E-state index contributed by atoms with van der Waals surface area (Å²) in [5, 5.41) is 70.5. The number of esters is 3. The third-order valence-electron chi connectivity index (χ3n) is 20.7. The first kappa shape index (κ1) is 74.3. The zero-order chi connectivity index (χ0) is 76.8. The van der Waals surface area contributed by atoms with Gasteiger partial charge in [-0.25, -0.2) is 9.59 Å². The van der Waals surface area contributed by atoms with Crippen LogP contribution < -0.4 is 51.1 Å². The van der Waals surface area contributed by atoms with Crippen LogP contribution in [-0.2, 0) is 41.6 Å². The Hall–Kier alpha value is -11.5. The minimum atomic E-state index is -2.89.